The molecule has 0 fully saturated rings. The molecule has 0 aliphatic rings. The molecule has 6 heteroatoms. The molecule has 0 rings (SSSR count). The van der Waals surface area contributed by atoms with Crippen LogP contribution in [0.4, 0.5) is 0 Å². The number of carbonyl (C=O) groups is 3. The van der Waals surface area contributed by atoms with Gasteiger partial charge in [0.1, 0.15) is 13.2 Å². The molecule has 0 amide bonds. The van der Waals surface area contributed by atoms with E-state index in [-0.39, 0.29) is 37.5 Å². The maximum absolute atomic E-state index is 12.8. The average molecular weight is 909 g/mol. The first-order chi connectivity index (χ1) is 32.0. The largest absolute Gasteiger partial charge is 0.462 e. The minimum absolute atomic E-state index is 0.102. The third-order valence-electron chi connectivity index (χ3n) is 12.0. The normalized spacial score (nSPS) is 12.5. The highest BCUT2D eigenvalue weighted by Gasteiger charge is 2.19. The quantitative estimate of drug-likeness (QED) is 0.0199. The molecule has 0 radical (unpaired) electrons. The minimum Gasteiger partial charge on any atom is -0.462 e. The molecular formula is C59H104O6. The van der Waals surface area contributed by atoms with E-state index in [0.29, 0.717) is 19.3 Å². The highest BCUT2D eigenvalue weighted by Crippen LogP contribution is 2.14. The van der Waals surface area contributed by atoms with Crippen molar-refractivity contribution in [1.82, 2.24) is 0 Å². The van der Waals surface area contributed by atoms with Crippen molar-refractivity contribution in [2.24, 2.45) is 0 Å². The summed E-state index contributed by atoms with van der Waals surface area (Å²) in [5.41, 5.74) is 0. The zero-order valence-electron chi connectivity index (χ0n) is 43.0. The first-order valence-corrected chi connectivity index (χ1v) is 27.8. The fourth-order valence-corrected chi connectivity index (χ4v) is 7.78. The number of carbonyl (C=O) groups excluding carboxylic acids is 3. The summed E-state index contributed by atoms with van der Waals surface area (Å²) in [5.74, 6) is -0.987. The van der Waals surface area contributed by atoms with E-state index in [1.54, 1.807) is 0 Å². The lowest BCUT2D eigenvalue weighted by atomic mass is 10.1. The standard InChI is InChI=1S/C59H104O6/c1-4-7-10-13-16-19-22-25-27-29-30-32-34-37-40-43-46-49-52-58(61)64-55-56(54-63-57(60)51-48-45-42-39-36-33-24-21-18-15-12-9-6-3)65-59(62)53-50-47-44-41-38-35-31-28-26-23-20-17-14-11-8-5-2/h27-33,36,42,45,56H,4-26,34-35,37-41,43-44,46-55H2,1-3H3/b29-27-,31-28-,32-30-,36-33-,45-42-. The predicted molar refractivity (Wildman–Crippen MR) is 279 cm³/mol. The number of esters is 3. The molecule has 0 saturated carbocycles. The van der Waals surface area contributed by atoms with Crippen LogP contribution in [0.3, 0.4) is 0 Å². The van der Waals surface area contributed by atoms with Crippen molar-refractivity contribution in [1.29, 1.82) is 0 Å². The van der Waals surface area contributed by atoms with E-state index in [0.717, 1.165) is 83.5 Å². The molecule has 0 aromatic carbocycles. The smallest absolute Gasteiger partial charge is 0.306 e. The van der Waals surface area contributed by atoms with Gasteiger partial charge < -0.3 is 14.2 Å². The molecule has 0 bridgehead atoms. The molecule has 0 heterocycles. The van der Waals surface area contributed by atoms with Crippen molar-refractivity contribution in [3.63, 3.8) is 0 Å². The first kappa shape index (κ1) is 62.1. The molecule has 0 aromatic rings. The highest BCUT2D eigenvalue weighted by molar-refractivity contribution is 5.71. The molecule has 0 aliphatic carbocycles. The van der Waals surface area contributed by atoms with Crippen molar-refractivity contribution in [3.8, 4) is 0 Å². The van der Waals surface area contributed by atoms with Gasteiger partial charge in [-0.05, 0) is 89.9 Å². The van der Waals surface area contributed by atoms with Gasteiger partial charge in [-0.15, -0.1) is 0 Å². The van der Waals surface area contributed by atoms with E-state index >= 15 is 0 Å². The van der Waals surface area contributed by atoms with Gasteiger partial charge in [-0.25, -0.2) is 0 Å². The molecule has 1 unspecified atom stereocenters. The Bertz CT molecular complexity index is 1180. The van der Waals surface area contributed by atoms with E-state index in [1.807, 2.05) is 6.08 Å². The molecule has 1 atom stereocenters. The van der Waals surface area contributed by atoms with E-state index in [9.17, 15) is 14.4 Å². The SMILES string of the molecule is CCCCCCCC/C=C\C/C=C\CCC(=O)OCC(COC(=O)CCCCCCC/C=C\C=C/CCCCCCCCC)OC(=O)CCCCCCC/C=C\CCCCCCCCC. The van der Waals surface area contributed by atoms with Gasteiger partial charge in [0.25, 0.3) is 0 Å². The van der Waals surface area contributed by atoms with Crippen LogP contribution in [0.1, 0.15) is 278 Å². The van der Waals surface area contributed by atoms with Gasteiger partial charge in [0.15, 0.2) is 6.10 Å². The number of rotatable bonds is 50. The summed E-state index contributed by atoms with van der Waals surface area (Å²) >= 11 is 0. The van der Waals surface area contributed by atoms with Crippen molar-refractivity contribution in [2.45, 2.75) is 284 Å². The Morgan fingerprint density at radius 1 is 0.323 bits per heavy atom. The predicted octanol–water partition coefficient (Wildman–Crippen LogP) is 18.4. The van der Waals surface area contributed by atoms with Crippen molar-refractivity contribution < 1.29 is 28.6 Å². The number of hydrogen-bond donors (Lipinski definition) is 0. The Labute approximate surface area is 402 Å². The third-order valence-corrected chi connectivity index (χ3v) is 12.0. The molecule has 376 valence electrons. The number of hydrogen-bond acceptors (Lipinski definition) is 6. The lowest BCUT2D eigenvalue weighted by Gasteiger charge is -2.18. The van der Waals surface area contributed by atoms with Gasteiger partial charge >= 0.3 is 17.9 Å². The zero-order valence-corrected chi connectivity index (χ0v) is 43.0. The third kappa shape index (κ3) is 51.9. The van der Waals surface area contributed by atoms with E-state index in [1.165, 1.54) is 148 Å². The Kier molecular flexibility index (Phi) is 51.3. The van der Waals surface area contributed by atoms with E-state index in [4.69, 9.17) is 14.2 Å². The van der Waals surface area contributed by atoms with Crippen LogP contribution in [0.5, 0.6) is 0 Å². The summed E-state index contributed by atoms with van der Waals surface area (Å²) in [6, 6.07) is 0. The highest BCUT2D eigenvalue weighted by atomic mass is 16.6. The molecule has 0 aliphatic heterocycles. The van der Waals surface area contributed by atoms with E-state index < -0.39 is 6.10 Å². The lowest BCUT2D eigenvalue weighted by molar-refractivity contribution is -0.166. The maximum atomic E-state index is 12.8. The summed E-state index contributed by atoms with van der Waals surface area (Å²) in [6.45, 7) is 6.57. The van der Waals surface area contributed by atoms with Gasteiger partial charge in [0, 0.05) is 19.3 Å². The summed E-state index contributed by atoms with van der Waals surface area (Å²) in [6.07, 6.45) is 66.5. The first-order valence-electron chi connectivity index (χ1n) is 27.8. The zero-order chi connectivity index (χ0) is 47.2. The minimum atomic E-state index is -0.807. The molecule has 0 N–H and O–H groups in total. The molecule has 0 spiro atoms. The summed E-state index contributed by atoms with van der Waals surface area (Å²) < 4.78 is 16.8. The maximum Gasteiger partial charge on any atom is 0.306 e. The van der Waals surface area contributed by atoms with Crippen LogP contribution in [0.15, 0.2) is 60.8 Å². The second-order valence-electron chi connectivity index (χ2n) is 18.5. The molecule has 0 saturated heterocycles. The van der Waals surface area contributed by atoms with Crippen LogP contribution in [-0.2, 0) is 28.6 Å². The fourth-order valence-electron chi connectivity index (χ4n) is 7.78. The van der Waals surface area contributed by atoms with Gasteiger partial charge in [0.2, 0.25) is 0 Å². The van der Waals surface area contributed by atoms with Crippen LogP contribution in [0, 0.1) is 0 Å². The fraction of sp³-hybridized carbons (Fsp3) is 0.780. The van der Waals surface area contributed by atoms with Crippen molar-refractivity contribution in [3.05, 3.63) is 60.8 Å². The Morgan fingerprint density at radius 3 is 1.05 bits per heavy atom. The van der Waals surface area contributed by atoms with Crippen LogP contribution < -0.4 is 0 Å². The van der Waals surface area contributed by atoms with Crippen LogP contribution in [-0.4, -0.2) is 37.2 Å². The Balaban J connectivity index is 4.45. The summed E-state index contributed by atoms with van der Waals surface area (Å²) in [4.78, 5) is 38.0. The average Bonchev–Trinajstić information content (AvgIpc) is 3.30. The van der Waals surface area contributed by atoms with Crippen LogP contribution in [0.25, 0.3) is 0 Å². The van der Waals surface area contributed by atoms with Crippen LogP contribution >= 0.6 is 0 Å². The monoisotopic (exact) mass is 909 g/mol. The Hall–Kier alpha value is -2.89. The number of unbranched alkanes of at least 4 members (excludes halogenated alkanes) is 30. The molecule has 65 heavy (non-hydrogen) atoms. The van der Waals surface area contributed by atoms with Gasteiger partial charge in [-0.2, -0.15) is 0 Å². The lowest BCUT2D eigenvalue weighted by Crippen LogP contribution is -2.30. The molecular weight excluding hydrogens is 805 g/mol. The van der Waals surface area contributed by atoms with Crippen molar-refractivity contribution in [2.75, 3.05) is 13.2 Å². The van der Waals surface area contributed by atoms with Crippen LogP contribution in [0.2, 0.25) is 0 Å². The second kappa shape index (κ2) is 53.7. The summed E-state index contributed by atoms with van der Waals surface area (Å²) in [7, 11) is 0. The van der Waals surface area contributed by atoms with Crippen molar-refractivity contribution >= 4 is 17.9 Å². The van der Waals surface area contributed by atoms with Gasteiger partial charge in [-0.1, -0.05) is 229 Å². The molecule has 0 aromatic heterocycles. The topological polar surface area (TPSA) is 78.9 Å². The molecule has 6 nitrogen and oxygen atoms in total. The number of ether oxygens (including phenoxy) is 3. The van der Waals surface area contributed by atoms with Gasteiger partial charge in [-0.3, -0.25) is 14.4 Å². The van der Waals surface area contributed by atoms with Gasteiger partial charge in [0.05, 0.1) is 0 Å². The Morgan fingerprint density at radius 2 is 0.631 bits per heavy atom. The van der Waals surface area contributed by atoms with E-state index in [2.05, 4.69) is 75.5 Å². The summed E-state index contributed by atoms with van der Waals surface area (Å²) in [5, 5.41) is 0. The number of allylic oxidation sites excluding steroid dienone is 10. The second-order valence-corrected chi connectivity index (χ2v) is 18.5.